The summed E-state index contributed by atoms with van der Waals surface area (Å²) in [5.74, 6) is 0. The van der Waals surface area contributed by atoms with Gasteiger partial charge in [-0.05, 0) is 16.7 Å². The summed E-state index contributed by atoms with van der Waals surface area (Å²) in [7, 11) is 0. The highest BCUT2D eigenvalue weighted by Crippen LogP contribution is 2.29. The molecule has 1 fully saturated rings. The Morgan fingerprint density at radius 1 is 0.667 bits per heavy atom. The van der Waals surface area contributed by atoms with Crippen LogP contribution in [-0.4, -0.2) is 49.0 Å². The second kappa shape index (κ2) is 14.0. The summed E-state index contributed by atoms with van der Waals surface area (Å²) < 4.78 is 30.6. The van der Waals surface area contributed by atoms with Gasteiger partial charge in [-0.15, -0.1) is 6.58 Å². The van der Waals surface area contributed by atoms with Crippen LogP contribution in [0.3, 0.4) is 0 Å². The van der Waals surface area contributed by atoms with Gasteiger partial charge in [0.2, 0.25) is 0 Å². The highest BCUT2D eigenvalue weighted by Gasteiger charge is 2.47. The molecule has 1 aliphatic heterocycles. The van der Waals surface area contributed by atoms with Gasteiger partial charge >= 0.3 is 0 Å². The molecule has 6 heteroatoms. The van der Waals surface area contributed by atoms with Crippen molar-refractivity contribution in [1.29, 1.82) is 0 Å². The molecule has 1 aliphatic rings. The van der Waals surface area contributed by atoms with E-state index in [1.807, 2.05) is 91.0 Å². The van der Waals surface area contributed by atoms with Crippen LogP contribution in [-0.2, 0) is 43.5 Å². The van der Waals surface area contributed by atoms with Gasteiger partial charge in [0, 0.05) is 0 Å². The van der Waals surface area contributed by atoms with E-state index < -0.39 is 30.7 Å². The van der Waals surface area contributed by atoms with Crippen molar-refractivity contribution < 1.29 is 28.8 Å². The van der Waals surface area contributed by atoms with Crippen molar-refractivity contribution >= 4 is 0 Å². The third-order valence-corrected chi connectivity index (χ3v) is 5.98. The molecule has 5 atom stereocenters. The number of rotatable bonds is 13. The maximum absolute atomic E-state index is 10.9. The molecule has 1 heterocycles. The first-order valence-corrected chi connectivity index (χ1v) is 12.2. The number of ether oxygens (including phenoxy) is 5. The molecule has 1 N–H and O–H groups in total. The molecule has 0 bridgehead atoms. The molecular weight excluding hydrogens is 456 g/mol. The zero-order valence-electron chi connectivity index (χ0n) is 20.4. The Morgan fingerprint density at radius 2 is 1.17 bits per heavy atom. The minimum Gasteiger partial charge on any atom is -0.374 e. The van der Waals surface area contributed by atoms with Crippen LogP contribution in [0.4, 0.5) is 0 Å². The van der Waals surface area contributed by atoms with Gasteiger partial charge in [0.05, 0.1) is 33.0 Å². The van der Waals surface area contributed by atoms with Crippen molar-refractivity contribution in [1.82, 2.24) is 0 Å². The van der Waals surface area contributed by atoms with Crippen molar-refractivity contribution in [2.75, 3.05) is 13.2 Å². The summed E-state index contributed by atoms with van der Waals surface area (Å²) in [6, 6.07) is 29.6. The Kier molecular flexibility index (Phi) is 10.2. The molecule has 3 aromatic rings. The van der Waals surface area contributed by atoms with E-state index in [1.165, 1.54) is 0 Å². The van der Waals surface area contributed by atoms with Gasteiger partial charge in [0.15, 0.2) is 6.29 Å². The summed E-state index contributed by atoms with van der Waals surface area (Å²) in [6.45, 7) is 5.38. The highest BCUT2D eigenvalue weighted by molar-refractivity contribution is 5.15. The van der Waals surface area contributed by atoms with E-state index in [2.05, 4.69) is 6.58 Å². The van der Waals surface area contributed by atoms with Gasteiger partial charge in [-0.2, -0.15) is 0 Å². The van der Waals surface area contributed by atoms with E-state index in [1.54, 1.807) is 6.08 Å². The van der Waals surface area contributed by atoms with E-state index in [0.29, 0.717) is 19.8 Å². The molecule has 0 aromatic heterocycles. The summed E-state index contributed by atoms with van der Waals surface area (Å²) in [4.78, 5) is 0. The predicted molar refractivity (Wildman–Crippen MR) is 137 cm³/mol. The molecule has 190 valence electrons. The normalized spacial score (nSPS) is 23.9. The lowest BCUT2D eigenvalue weighted by atomic mass is 9.98. The van der Waals surface area contributed by atoms with Gasteiger partial charge < -0.3 is 28.8 Å². The standard InChI is InChI=1S/C30H34O6/c1-2-18-33-28-27(34-20-24-14-8-4-9-15-24)26(22-32-19-23-12-6-3-7-13-23)36-30(31)29(28)35-21-25-16-10-5-11-17-25/h2-17,26-31H,1,18-22H2/t26-,27+,28+,29-,30-/m1/s1. The lowest BCUT2D eigenvalue weighted by molar-refractivity contribution is -0.314. The smallest absolute Gasteiger partial charge is 0.184 e. The highest BCUT2D eigenvalue weighted by atomic mass is 16.7. The van der Waals surface area contributed by atoms with E-state index >= 15 is 0 Å². The molecule has 0 amide bonds. The van der Waals surface area contributed by atoms with Crippen molar-refractivity contribution in [2.45, 2.75) is 50.5 Å². The van der Waals surface area contributed by atoms with E-state index in [9.17, 15) is 5.11 Å². The van der Waals surface area contributed by atoms with Gasteiger partial charge in [-0.3, -0.25) is 0 Å². The summed E-state index contributed by atoms with van der Waals surface area (Å²) >= 11 is 0. The summed E-state index contributed by atoms with van der Waals surface area (Å²) in [5.41, 5.74) is 3.07. The Hall–Kier alpha value is -2.84. The Labute approximate surface area is 213 Å². The number of benzene rings is 3. The van der Waals surface area contributed by atoms with Crippen LogP contribution >= 0.6 is 0 Å². The molecule has 1 saturated heterocycles. The van der Waals surface area contributed by atoms with Gasteiger partial charge in [0.1, 0.15) is 24.4 Å². The Bertz CT molecular complexity index is 1010. The quantitative estimate of drug-likeness (QED) is 0.352. The molecule has 4 rings (SSSR count). The first kappa shape index (κ1) is 26.2. The number of hydrogen-bond donors (Lipinski definition) is 1. The number of aliphatic hydroxyl groups excluding tert-OH is 1. The maximum Gasteiger partial charge on any atom is 0.184 e. The van der Waals surface area contributed by atoms with Crippen molar-refractivity contribution in [3.05, 3.63) is 120 Å². The number of hydrogen-bond acceptors (Lipinski definition) is 6. The van der Waals surface area contributed by atoms with Crippen molar-refractivity contribution in [3.63, 3.8) is 0 Å². The molecule has 0 spiro atoms. The molecule has 0 radical (unpaired) electrons. The van der Waals surface area contributed by atoms with Gasteiger partial charge in [-0.25, -0.2) is 0 Å². The zero-order valence-corrected chi connectivity index (χ0v) is 20.4. The Balaban J connectivity index is 1.49. The van der Waals surface area contributed by atoms with Crippen molar-refractivity contribution in [3.8, 4) is 0 Å². The van der Waals surface area contributed by atoms with Crippen LogP contribution in [0.15, 0.2) is 104 Å². The van der Waals surface area contributed by atoms with Crippen LogP contribution in [0.1, 0.15) is 16.7 Å². The van der Waals surface area contributed by atoms with Crippen LogP contribution in [0.25, 0.3) is 0 Å². The predicted octanol–water partition coefficient (Wildman–Crippen LogP) is 4.66. The first-order chi connectivity index (χ1) is 17.7. The van der Waals surface area contributed by atoms with Crippen LogP contribution < -0.4 is 0 Å². The fourth-order valence-electron chi connectivity index (χ4n) is 4.18. The molecular formula is C30H34O6. The molecule has 36 heavy (non-hydrogen) atoms. The minimum atomic E-state index is -1.20. The lowest BCUT2D eigenvalue weighted by Gasteiger charge is -2.44. The van der Waals surface area contributed by atoms with E-state index in [0.717, 1.165) is 16.7 Å². The van der Waals surface area contributed by atoms with Crippen LogP contribution in [0.5, 0.6) is 0 Å². The van der Waals surface area contributed by atoms with Gasteiger partial charge in [-0.1, -0.05) is 97.1 Å². The Morgan fingerprint density at radius 3 is 1.69 bits per heavy atom. The first-order valence-electron chi connectivity index (χ1n) is 12.2. The maximum atomic E-state index is 10.9. The number of aliphatic hydroxyl groups is 1. The SMILES string of the molecule is C=CCO[C@@H]1[C@@H](OCc2ccccc2)[C@H](O)O[C@H](COCc2ccccc2)[C@@H]1OCc1ccccc1. The average molecular weight is 491 g/mol. The zero-order chi connectivity index (χ0) is 25.0. The average Bonchev–Trinajstić information content (AvgIpc) is 2.92. The molecule has 6 nitrogen and oxygen atoms in total. The lowest BCUT2D eigenvalue weighted by Crippen LogP contribution is -2.61. The molecule has 0 aliphatic carbocycles. The fraction of sp³-hybridized carbons (Fsp3) is 0.333. The fourth-order valence-corrected chi connectivity index (χ4v) is 4.18. The monoisotopic (exact) mass is 490 g/mol. The molecule has 3 aromatic carbocycles. The van der Waals surface area contributed by atoms with Crippen LogP contribution in [0.2, 0.25) is 0 Å². The third kappa shape index (κ3) is 7.58. The molecule has 0 unspecified atom stereocenters. The van der Waals surface area contributed by atoms with Crippen molar-refractivity contribution in [2.24, 2.45) is 0 Å². The largest absolute Gasteiger partial charge is 0.374 e. The summed E-state index contributed by atoms with van der Waals surface area (Å²) in [5, 5.41) is 10.9. The van der Waals surface area contributed by atoms with E-state index in [-0.39, 0.29) is 13.2 Å². The summed E-state index contributed by atoms with van der Waals surface area (Å²) in [6.07, 6.45) is -1.97. The second-order valence-corrected chi connectivity index (χ2v) is 8.67. The van der Waals surface area contributed by atoms with Crippen LogP contribution in [0, 0.1) is 0 Å². The third-order valence-electron chi connectivity index (χ3n) is 5.98. The minimum absolute atomic E-state index is 0.227. The van der Waals surface area contributed by atoms with E-state index in [4.69, 9.17) is 23.7 Å². The topological polar surface area (TPSA) is 66.4 Å². The molecule has 0 saturated carbocycles. The second-order valence-electron chi connectivity index (χ2n) is 8.67. The van der Waals surface area contributed by atoms with Gasteiger partial charge in [0.25, 0.3) is 0 Å².